The van der Waals surface area contributed by atoms with E-state index in [1.54, 1.807) is 0 Å². The summed E-state index contributed by atoms with van der Waals surface area (Å²) in [6.45, 7) is 1.91. The van der Waals surface area contributed by atoms with E-state index < -0.39 is 20.2 Å². The highest BCUT2D eigenvalue weighted by atomic mass is 32.2. The summed E-state index contributed by atoms with van der Waals surface area (Å²) in [5.74, 6) is 2.49. The quantitative estimate of drug-likeness (QED) is 0.850. The Morgan fingerprint density at radius 2 is 1.85 bits per heavy atom. The van der Waals surface area contributed by atoms with Gasteiger partial charge in [-0.15, -0.1) is 12.3 Å². The van der Waals surface area contributed by atoms with E-state index in [1.165, 1.54) is 12.1 Å². The van der Waals surface area contributed by atoms with Gasteiger partial charge in [0.25, 0.3) is 9.84 Å². The van der Waals surface area contributed by atoms with E-state index in [0.717, 1.165) is 18.6 Å². The second-order valence-corrected chi connectivity index (χ2v) is 6.07. The molecular weight excluding hydrogens is 291 g/mol. The average Bonchev–Trinajstić information content (AvgIpc) is 2.37. The van der Waals surface area contributed by atoms with Crippen LogP contribution in [0.2, 0.25) is 0 Å². The number of sulfone groups is 1. The molecule has 7 heteroatoms. The molecule has 1 rings (SSSR count). The average molecular weight is 305 g/mol. The van der Waals surface area contributed by atoms with Gasteiger partial charge >= 0.3 is 5.51 Å². The maximum atomic E-state index is 12.4. The third-order valence-corrected chi connectivity index (χ3v) is 4.20. The number of anilines is 1. The van der Waals surface area contributed by atoms with Gasteiger partial charge in [-0.2, -0.15) is 13.2 Å². The molecule has 1 atom stereocenters. The van der Waals surface area contributed by atoms with Crippen LogP contribution in [0.15, 0.2) is 29.2 Å². The fraction of sp³-hybridized carbons (Fsp3) is 0.385. The van der Waals surface area contributed by atoms with Gasteiger partial charge < -0.3 is 5.32 Å². The maximum absolute atomic E-state index is 12.4. The Bertz CT molecular complexity index is 586. The van der Waals surface area contributed by atoms with Gasteiger partial charge in [0.15, 0.2) is 0 Å². The van der Waals surface area contributed by atoms with Crippen LogP contribution in [0.3, 0.4) is 0 Å². The minimum atomic E-state index is -5.30. The smallest absolute Gasteiger partial charge is 0.381 e. The van der Waals surface area contributed by atoms with E-state index in [2.05, 4.69) is 11.2 Å². The summed E-state index contributed by atoms with van der Waals surface area (Å²) in [4.78, 5) is -0.777. The first-order valence-electron chi connectivity index (χ1n) is 5.83. The van der Waals surface area contributed by atoms with Crippen LogP contribution in [0.1, 0.15) is 19.8 Å². The maximum Gasteiger partial charge on any atom is 0.501 e. The van der Waals surface area contributed by atoms with Crippen molar-refractivity contribution in [1.82, 2.24) is 0 Å². The molecule has 1 aromatic rings. The Labute approximate surface area is 116 Å². The lowest BCUT2D eigenvalue weighted by Crippen LogP contribution is -2.23. The number of terminal acetylenes is 1. The van der Waals surface area contributed by atoms with Crippen LogP contribution in [-0.2, 0) is 9.84 Å². The monoisotopic (exact) mass is 305 g/mol. The first kappa shape index (κ1) is 16.4. The molecule has 110 valence electrons. The van der Waals surface area contributed by atoms with Crippen LogP contribution < -0.4 is 5.32 Å². The van der Waals surface area contributed by atoms with E-state index in [0.29, 0.717) is 12.1 Å². The Kier molecular flexibility index (Phi) is 5.06. The number of alkyl halides is 3. The summed E-state index contributed by atoms with van der Waals surface area (Å²) >= 11 is 0. The largest absolute Gasteiger partial charge is 0.501 e. The lowest BCUT2D eigenvalue weighted by molar-refractivity contribution is -0.0436. The van der Waals surface area contributed by atoms with Crippen LogP contribution in [0.25, 0.3) is 0 Å². The summed E-state index contributed by atoms with van der Waals surface area (Å²) in [6.07, 6.45) is 6.41. The fourth-order valence-corrected chi connectivity index (χ4v) is 2.30. The molecule has 0 bridgehead atoms. The zero-order valence-corrected chi connectivity index (χ0v) is 11.6. The minimum absolute atomic E-state index is 0.00919. The summed E-state index contributed by atoms with van der Waals surface area (Å²) in [5, 5.41) is 3.03. The highest BCUT2D eigenvalue weighted by Crippen LogP contribution is 2.30. The Balaban J connectivity index is 2.93. The molecule has 0 aromatic heterocycles. The molecule has 0 aliphatic carbocycles. The van der Waals surface area contributed by atoms with Crippen molar-refractivity contribution in [3.63, 3.8) is 0 Å². The normalized spacial score (nSPS) is 13.6. The minimum Gasteiger partial charge on any atom is -0.381 e. The Morgan fingerprint density at radius 1 is 1.30 bits per heavy atom. The fourth-order valence-electron chi connectivity index (χ4n) is 1.54. The Morgan fingerprint density at radius 3 is 2.25 bits per heavy atom. The van der Waals surface area contributed by atoms with Gasteiger partial charge in [-0.25, -0.2) is 8.42 Å². The molecule has 3 nitrogen and oxygen atoms in total. The third-order valence-electron chi connectivity index (χ3n) is 2.70. The predicted molar refractivity (Wildman–Crippen MR) is 70.8 cm³/mol. The third kappa shape index (κ3) is 3.67. The summed E-state index contributed by atoms with van der Waals surface area (Å²) in [6, 6.07) is 4.42. The molecule has 0 fully saturated rings. The van der Waals surface area contributed by atoms with Gasteiger partial charge in [0.05, 0.1) is 4.90 Å². The van der Waals surface area contributed by atoms with E-state index in [9.17, 15) is 21.6 Å². The van der Waals surface area contributed by atoms with Crippen LogP contribution in [0, 0.1) is 12.3 Å². The molecule has 20 heavy (non-hydrogen) atoms. The van der Waals surface area contributed by atoms with Crippen molar-refractivity contribution in [2.45, 2.75) is 36.2 Å². The number of rotatable bonds is 5. The molecule has 1 aromatic carbocycles. The van der Waals surface area contributed by atoms with Gasteiger partial charge in [0, 0.05) is 18.2 Å². The van der Waals surface area contributed by atoms with Crippen LogP contribution in [0.5, 0.6) is 0 Å². The van der Waals surface area contributed by atoms with Crippen molar-refractivity contribution in [2.75, 3.05) is 5.32 Å². The molecule has 0 aliphatic rings. The predicted octanol–water partition coefficient (Wildman–Crippen LogP) is 3.19. The van der Waals surface area contributed by atoms with Crippen LogP contribution >= 0.6 is 0 Å². The van der Waals surface area contributed by atoms with E-state index in [1.807, 2.05) is 6.92 Å². The Hall–Kier alpha value is -1.68. The highest BCUT2D eigenvalue weighted by Gasteiger charge is 2.46. The van der Waals surface area contributed by atoms with Crippen molar-refractivity contribution < 1.29 is 21.6 Å². The zero-order chi connectivity index (χ0) is 15.4. The van der Waals surface area contributed by atoms with Gasteiger partial charge in [0.2, 0.25) is 0 Å². The molecule has 0 heterocycles. The van der Waals surface area contributed by atoms with Gasteiger partial charge in [-0.05, 0) is 30.7 Å². The molecule has 0 saturated carbocycles. The number of hydrogen-bond donors (Lipinski definition) is 1. The van der Waals surface area contributed by atoms with E-state index in [4.69, 9.17) is 6.42 Å². The van der Waals surface area contributed by atoms with Crippen molar-refractivity contribution in [1.29, 1.82) is 0 Å². The SMILES string of the molecule is C#CCC(CC)Nc1ccc(S(=O)(=O)C(F)(F)F)cc1. The number of benzene rings is 1. The standard InChI is InChI=1S/C13H14F3NO2S/c1-3-5-10(4-2)17-11-6-8-12(9-7-11)20(18,19)13(14,15)16/h1,6-10,17H,4-5H2,2H3. The summed E-state index contributed by atoms with van der Waals surface area (Å²) < 4.78 is 59.4. The zero-order valence-electron chi connectivity index (χ0n) is 10.7. The van der Waals surface area contributed by atoms with Gasteiger partial charge in [-0.1, -0.05) is 6.92 Å². The molecular formula is C13H14F3NO2S. The summed E-state index contributed by atoms with van der Waals surface area (Å²) in [7, 11) is -5.30. The number of hydrogen-bond acceptors (Lipinski definition) is 3. The lowest BCUT2D eigenvalue weighted by atomic mass is 10.1. The van der Waals surface area contributed by atoms with E-state index in [-0.39, 0.29) is 6.04 Å². The van der Waals surface area contributed by atoms with E-state index >= 15 is 0 Å². The number of halogens is 3. The van der Waals surface area contributed by atoms with Crippen molar-refractivity contribution >= 4 is 15.5 Å². The second-order valence-electron chi connectivity index (χ2n) is 4.13. The van der Waals surface area contributed by atoms with Gasteiger partial charge in [-0.3, -0.25) is 0 Å². The van der Waals surface area contributed by atoms with Crippen molar-refractivity contribution in [3.8, 4) is 12.3 Å². The first-order valence-corrected chi connectivity index (χ1v) is 7.32. The van der Waals surface area contributed by atoms with Crippen LogP contribution in [0.4, 0.5) is 18.9 Å². The summed E-state index contributed by atoms with van der Waals surface area (Å²) in [5.41, 5.74) is -4.77. The molecule has 0 radical (unpaired) electrons. The molecule has 0 amide bonds. The molecule has 0 aliphatic heterocycles. The van der Waals surface area contributed by atoms with Gasteiger partial charge in [0.1, 0.15) is 0 Å². The van der Waals surface area contributed by atoms with Crippen LogP contribution in [-0.4, -0.2) is 20.0 Å². The first-order chi connectivity index (χ1) is 9.22. The highest BCUT2D eigenvalue weighted by molar-refractivity contribution is 7.92. The number of nitrogens with one attached hydrogen (secondary N) is 1. The lowest BCUT2D eigenvalue weighted by Gasteiger charge is -2.16. The molecule has 0 saturated heterocycles. The second kappa shape index (κ2) is 6.18. The molecule has 1 unspecified atom stereocenters. The molecule has 0 spiro atoms. The molecule has 1 N–H and O–H groups in total. The topological polar surface area (TPSA) is 46.2 Å². The van der Waals surface area contributed by atoms with Crippen molar-refractivity contribution in [3.05, 3.63) is 24.3 Å². The van der Waals surface area contributed by atoms with Crippen molar-refractivity contribution in [2.24, 2.45) is 0 Å².